The molecule has 0 N–H and O–H groups in total. The Bertz CT molecular complexity index is 1220. The lowest BCUT2D eigenvalue weighted by Crippen LogP contribution is -2.29. The number of pyridine rings is 1. The predicted octanol–water partition coefficient (Wildman–Crippen LogP) is 2.15. The Balaban J connectivity index is 2.40. The summed E-state index contributed by atoms with van der Waals surface area (Å²) in [6.07, 6.45) is -2.54. The van der Waals surface area contributed by atoms with Crippen LogP contribution in [-0.4, -0.2) is 32.0 Å². The van der Waals surface area contributed by atoms with E-state index in [0.29, 0.717) is 3.97 Å². The molecule has 3 aromatic rings. The Kier molecular flexibility index (Phi) is 4.64. The van der Waals surface area contributed by atoms with Crippen LogP contribution in [0.1, 0.15) is 25.1 Å². The third-order valence-electron chi connectivity index (χ3n) is 4.04. The smallest absolute Gasteiger partial charge is 0.274 e. The number of aryl methyl sites for hydroxylation is 2. The molecule has 0 spiro atoms. The summed E-state index contributed by atoms with van der Waals surface area (Å²) in [4.78, 5) is 12.2. The second kappa shape index (κ2) is 6.47. The van der Waals surface area contributed by atoms with Crippen LogP contribution in [0.4, 0.5) is 13.2 Å². The quantitative estimate of drug-likeness (QED) is 0.649. The summed E-state index contributed by atoms with van der Waals surface area (Å²) in [5.74, 6) is 0.0426. The molecule has 3 heterocycles. The molecule has 8 nitrogen and oxygen atoms in total. The zero-order chi connectivity index (χ0) is 21.0. The molecule has 0 aliphatic heterocycles. The zero-order valence-corrected chi connectivity index (χ0v) is 16.3. The van der Waals surface area contributed by atoms with Crippen molar-refractivity contribution in [1.29, 1.82) is 0 Å². The van der Waals surface area contributed by atoms with Crippen LogP contribution in [0.15, 0.2) is 28.2 Å². The van der Waals surface area contributed by atoms with Crippen LogP contribution in [0.3, 0.4) is 0 Å². The summed E-state index contributed by atoms with van der Waals surface area (Å²) in [5, 5.41) is 7.46. The van der Waals surface area contributed by atoms with Gasteiger partial charge in [-0.05, 0) is 12.8 Å². The third-order valence-corrected chi connectivity index (χ3v) is 5.83. The standard InChI is InChI=1S/C16H18F3N5O3S/c1-9(2)6-23-7-11-12(16(17,18)19)5-14(25)24(15(11)21-23)28(26,27)13-8-22(4)20-10(13)3/h5,7-9H,6H2,1-4H3. The van der Waals surface area contributed by atoms with E-state index < -0.39 is 38.4 Å². The number of alkyl halides is 3. The van der Waals surface area contributed by atoms with Gasteiger partial charge in [-0.3, -0.25) is 14.2 Å². The fourth-order valence-electron chi connectivity index (χ4n) is 2.98. The molecule has 0 saturated carbocycles. The highest BCUT2D eigenvalue weighted by molar-refractivity contribution is 7.90. The minimum absolute atomic E-state index is 0.0426. The molecule has 0 unspecified atom stereocenters. The summed E-state index contributed by atoms with van der Waals surface area (Å²) in [7, 11) is -3.01. The van der Waals surface area contributed by atoms with Crippen molar-refractivity contribution in [2.24, 2.45) is 13.0 Å². The highest BCUT2D eigenvalue weighted by atomic mass is 32.2. The van der Waals surface area contributed by atoms with Crippen LogP contribution in [0, 0.1) is 12.8 Å². The lowest BCUT2D eigenvalue weighted by atomic mass is 10.2. The minimum Gasteiger partial charge on any atom is -0.274 e. The molecule has 28 heavy (non-hydrogen) atoms. The summed E-state index contributed by atoms with van der Waals surface area (Å²) in [6, 6.07) is 0.285. The van der Waals surface area contributed by atoms with Crippen LogP contribution in [0.2, 0.25) is 0 Å². The molecule has 0 aliphatic rings. The average molecular weight is 417 g/mol. The molecule has 152 valence electrons. The van der Waals surface area contributed by atoms with Crippen molar-refractivity contribution >= 4 is 21.1 Å². The van der Waals surface area contributed by atoms with Gasteiger partial charge in [-0.2, -0.15) is 27.3 Å². The Morgan fingerprint density at radius 2 is 1.82 bits per heavy atom. The topological polar surface area (TPSA) is 91.8 Å². The van der Waals surface area contributed by atoms with Crippen molar-refractivity contribution in [3.05, 3.63) is 40.1 Å². The Labute approximate surface area is 158 Å². The fourth-order valence-corrected chi connectivity index (χ4v) is 4.53. The fraction of sp³-hybridized carbons (Fsp3) is 0.438. The highest BCUT2D eigenvalue weighted by Gasteiger charge is 2.37. The molecule has 0 bridgehead atoms. The first-order chi connectivity index (χ1) is 12.8. The average Bonchev–Trinajstić information content (AvgIpc) is 3.07. The molecule has 0 atom stereocenters. The van der Waals surface area contributed by atoms with Gasteiger partial charge in [-0.1, -0.05) is 13.8 Å². The van der Waals surface area contributed by atoms with Crippen LogP contribution >= 0.6 is 0 Å². The number of fused-ring (bicyclic) bond motifs is 1. The molecular formula is C16H18F3N5O3S. The molecule has 0 amide bonds. The van der Waals surface area contributed by atoms with E-state index in [0.717, 1.165) is 6.20 Å². The van der Waals surface area contributed by atoms with Gasteiger partial charge in [0.25, 0.3) is 15.6 Å². The van der Waals surface area contributed by atoms with Gasteiger partial charge < -0.3 is 0 Å². The molecule has 0 fully saturated rings. The molecular weight excluding hydrogens is 399 g/mol. The maximum atomic E-state index is 13.4. The van der Waals surface area contributed by atoms with Crippen molar-refractivity contribution in [1.82, 2.24) is 23.5 Å². The van der Waals surface area contributed by atoms with Gasteiger partial charge in [0.2, 0.25) is 0 Å². The SMILES string of the molecule is Cc1nn(C)cc1S(=O)(=O)n1c(=O)cc(C(F)(F)F)c2cn(CC(C)C)nc21. The van der Waals surface area contributed by atoms with E-state index in [9.17, 15) is 26.4 Å². The number of aromatic nitrogens is 5. The molecule has 0 aromatic carbocycles. The van der Waals surface area contributed by atoms with Crippen molar-refractivity contribution in [2.45, 2.75) is 38.4 Å². The summed E-state index contributed by atoms with van der Waals surface area (Å²) in [6.45, 7) is 5.35. The number of halogens is 3. The highest BCUT2D eigenvalue weighted by Crippen LogP contribution is 2.34. The van der Waals surface area contributed by atoms with E-state index in [1.165, 1.54) is 29.5 Å². The number of hydrogen-bond acceptors (Lipinski definition) is 5. The zero-order valence-electron chi connectivity index (χ0n) is 15.5. The molecule has 0 aliphatic carbocycles. The summed E-state index contributed by atoms with van der Waals surface area (Å²) < 4.78 is 69.2. The molecule has 3 rings (SSSR count). The summed E-state index contributed by atoms with van der Waals surface area (Å²) >= 11 is 0. The monoisotopic (exact) mass is 417 g/mol. The van der Waals surface area contributed by atoms with E-state index in [1.807, 2.05) is 13.8 Å². The van der Waals surface area contributed by atoms with Crippen LogP contribution in [0.25, 0.3) is 11.0 Å². The van der Waals surface area contributed by atoms with E-state index in [-0.39, 0.29) is 29.1 Å². The van der Waals surface area contributed by atoms with Crippen molar-refractivity contribution in [3.63, 3.8) is 0 Å². The lowest BCUT2D eigenvalue weighted by Gasteiger charge is -2.11. The van der Waals surface area contributed by atoms with Crippen molar-refractivity contribution in [3.8, 4) is 0 Å². The minimum atomic E-state index is -4.84. The van der Waals surface area contributed by atoms with E-state index in [4.69, 9.17) is 0 Å². The van der Waals surface area contributed by atoms with Gasteiger partial charge in [0.05, 0.1) is 16.6 Å². The lowest BCUT2D eigenvalue weighted by molar-refractivity contribution is -0.136. The van der Waals surface area contributed by atoms with Gasteiger partial charge in [0.1, 0.15) is 4.90 Å². The Morgan fingerprint density at radius 3 is 2.32 bits per heavy atom. The van der Waals surface area contributed by atoms with Gasteiger partial charge in [0, 0.05) is 32.1 Å². The number of hydrogen-bond donors (Lipinski definition) is 0. The van der Waals surface area contributed by atoms with Crippen LogP contribution in [0.5, 0.6) is 0 Å². The molecule has 3 aromatic heterocycles. The summed E-state index contributed by atoms with van der Waals surface area (Å²) in [5.41, 5.74) is -3.01. The predicted molar refractivity (Wildman–Crippen MR) is 94.4 cm³/mol. The van der Waals surface area contributed by atoms with Crippen molar-refractivity contribution < 1.29 is 21.6 Å². The first-order valence-corrected chi connectivity index (χ1v) is 9.72. The normalized spacial score (nSPS) is 13.0. The second-order valence-corrected chi connectivity index (χ2v) is 8.65. The number of nitrogens with zero attached hydrogens (tertiary/aromatic N) is 5. The van der Waals surface area contributed by atoms with Gasteiger partial charge in [0.15, 0.2) is 5.65 Å². The maximum absolute atomic E-state index is 13.4. The van der Waals surface area contributed by atoms with E-state index in [2.05, 4.69) is 10.2 Å². The first-order valence-electron chi connectivity index (χ1n) is 8.28. The van der Waals surface area contributed by atoms with Crippen molar-refractivity contribution in [2.75, 3.05) is 0 Å². The molecule has 12 heteroatoms. The van der Waals surface area contributed by atoms with Gasteiger partial charge in [-0.15, -0.1) is 0 Å². The molecule has 0 radical (unpaired) electrons. The Morgan fingerprint density at radius 1 is 1.18 bits per heavy atom. The maximum Gasteiger partial charge on any atom is 0.417 e. The number of rotatable bonds is 4. The Hall–Kier alpha value is -2.63. The van der Waals surface area contributed by atoms with Crippen LogP contribution < -0.4 is 5.56 Å². The van der Waals surface area contributed by atoms with Gasteiger partial charge >= 0.3 is 6.18 Å². The van der Waals surface area contributed by atoms with Crippen LogP contribution in [-0.2, 0) is 29.8 Å². The van der Waals surface area contributed by atoms with E-state index >= 15 is 0 Å². The van der Waals surface area contributed by atoms with E-state index in [1.54, 1.807) is 0 Å². The molecule has 0 saturated heterocycles. The second-order valence-electron chi connectivity index (χ2n) is 6.90. The first kappa shape index (κ1) is 20.1. The largest absolute Gasteiger partial charge is 0.417 e. The van der Waals surface area contributed by atoms with Gasteiger partial charge in [-0.25, -0.2) is 8.42 Å². The third kappa shape index (κ3) is 3.32.